The van der Waals surface area contributed by atoms with Crippen LogP contribution in [-0.4, -0.2) is 12.1 Å². The molecule has 0 radical (unpaired) electrons. The highest BCUT2D eigenvalue weighted by Gasteiger charge is 2.07. The van der Waals surface area contributed by atoms with Gasteiger partial charge in [-0.1, -0.05) is 12.1 Å². The summed E-state index contributed by atoms with van der Waals surface area (Å²) in [5, 5.41) is 12.5. The van der Waals surface area contributed by atoms with Crippen molar-refractivity contribution in [3.63, 3.8) is 0 Å². The van der Waals surface area contributed by atoms with Gasteiger partial charge in [-0.3, -0.25) is 4.98 Å². The highest BCUT2D eigenvalue weighted by Crippen LogP contribution is 2.20. The van der Waals surface area contributed by atoms with Crippen LogP contribution >= 0.6 is 0 Å². The molecule has 0 saturated heterocycles. The van der Waals surface area contributed by atoms with Crippen molar-refractivity contribution in [2.75, 3.05) is 12.4 Å². The van der Waals surface area contributed by atoms with E-state index in [1.54, 1.807) is 7.11 Å². The van der Waals surface area contributed by atoms with Gasteiger partial charge < -0.3 is 10.1 Å². The van der Waals surface area contributed by atoms with Crippen molar-refractivity contribution < 1.29 is 4.74 Å². The Hall–Kier alpha value is -2.54. The van der Waals surface area contributed by atoms with Crippen LogP contribution in [0.1, 0.15) is 22.5 Å². The molecule has 2 aromatic rings. The van der Waals surface area contributed by atoms with Crippen LogP contribution in [0.4, 0.5) is 5.69 Å². The molecular formula is C16H17N3O. The lowest BCUT2D eigenvalue weighted by Gasteiger charge is -2.11. The molecule has 0 aliphatic heterocycles. The number of nitrogens with one attached hydrogen (secondary N) is 1. The van der Waals surface area contributed by atoms with E-state index in [1.807, 2.05) is 44.2 Å². The predicted octanol–water partition coefficient (Wildman–Crippen LogP) is 3.19. The van der Waals surface area contributed by atoms with Gasteiger partial charge in [0.2, 0.25) is 0 Å². The van der Waals surface area contributed by atoms with Crippen molar-refractivity contribution in [1.82, 2.24) is 4.98 Å². The Kier molecular flexibility index (Phi) is 4.21. The first-order valence-electron chi connectivity index (χ1n) is 6.39. The Morgan fingerprint density at radius 2 is 2.10 bits per heavy atom. The molecule has 0 saturated carbocycles. The minimum absolute atomic E-state index is 0.596. The molecule has 0 aliphatic carbocycles. The quantitative estimate of drug-likeness (QED) is 0.924. The van der Waals surface area contributed by atoms with Crippen LogP contribution in [0.5, 0.6) is 5.75 Å². The van der Waals surface area contributed by atoms with E-state index in [0.29, 0.717) is 12.1 Å². The maximum Gasteiger partial charge on any atom is 0.119 e. The summed E-state index contributed by atoms with van der Waals surface area (Å²) in [5.74, 6) is 0.826. The van der Waals surface area contributed by atoms with Crippen molar-refractivity contribution >= 4 is 5.69 Å². The van der Waals surface area contributed by atoms with Crippen LogP contribution in [0.25, 0.3) is 0 Å². The number of aromatic nitrogens is 1. The van der Waals surface area contributed by atoms with E-state index in [9.17, 15) is 5.26 Å². The average molecular weight is 267 g/mol. The lowest BCUT2D eigenvalue weighted by molar-refractivity contribution is 0.414. The highest BCUT2D eigenvalue weighted by atomic mass is 16.5. The standard InChI is InChI=1S/C16H17N3O/c1-11-7-16(15(9-17)12(2)19-11)18-10-13-5-4-6-14(8-13)20-3/h4-8H,10H2,1-3H3,(H,18,19). The third kappa shape index (κ3) is 3.07. The number of nitriles is 1. The maximum atomic E-state index is 9.22. The third-order valence-corrected chi connectivity index (χ3v) is 3.06. The summed E-state index contributed by atoms with van der Waals surface area (Å²) in [7, 11) is 1.65. The Morgan fingerprint density at radius 1 is 1.30 bits per heavy atom. The molecule has 102 valence electrons. The number of benzene rings is 1. The van der Waals surface area contributed by atoms with Crippen LogP contribution in [-0.2, 0) is 6.54 Å². The minimum atomic E-state index is 0.596. The fourth-order valence-corrected chi connectivity index (χ4v) is 2.09. The summed E-state index contributed by atoms with van der Waals surface area (Å²) in [6, 6.07) is 11.9. The molecule has 1 aromatic carbocycles. The van der Waals surface area contributed by atoms with Crippen molar-refractivity contribution in [3.05, 3.63) is 52.8 Å². The molecule has 1 N–H and O–H groups in total. The van der Waals surface area contributed by atoms with Crippen molar-refractivity contribution in [2.45, 2.75) is 20.4 Å². The van der Waals surface area contributed by atoms with E-state index in [4.69, 9.17) is 4.74 Å². The van der Waals surface area contributed by atoms with Crippen LogP contribution in [0, 0.1) is 25.2 Å². The Labute approximate surface area is 119 Å². The van der Waals surface area contributed by atoms with E-state index in [0.717, 1.165) is 28.4 Å². The van der Waals surface area contributed by atoms with Crippen molar-refractivity contribution in [3.8, 4) is 11.8 Å². The molecule has 2 rings (SSSR count). The molecule has 0 unspecified atom stereocenters. The highest BCUT2D eigenvalue weighted by molar-refractivity contribution is 5.60. The molecule has 0 fully saturated rings. The number of pyridine rings is 1. The molecule has 0 atom stereocenters. The van der Waals surface area contributed by atoms with Gasteiger partial charge in [0.05, 0.1) is 24.1 Å². The second kappa shape index (κ2) is 6.07. The molecule has 4 nitrogen and oxygen atoms in total. The van der Waals surface area contributed by atoms with Gasteiger partial charge in [-0.15, -0.1) is 0 Å². The number of hydrogen-bond donors (Lipinski definition) is 1. The van der Waals surface area contributed by atoms with Gasteiger partial charge in [0.25, 0.3) is 0 Å². The summed E-state index contributed by atoms with van der Waals surface area (Å²) in [6.07, 6.45) is 0. The molecule has 0 amide bonds. The SMILES string of the molecule is COc1cccc(CNc2cc(C)nc(C)c2C#N)c1. The molecule has 1 heterocycles. The number of nitrogens with zero attached hydrogens (tertiary/aromatic N) is 2. The minimum Gasteiger partial charge on any atom is -0.497 e. The molecule has 0 spiro atoms. The first-order chi connectivity index (χ1) is 9.63. The number of aryl methyl sites for hydroxylation is 2. The zero-order valence-corrected chi connectivity index (χ0v) is 11.9. The molecule has 0 aliphatic rings. The summed E-state index contributed by atoms with van der Waals surface area (Å²) in [4.78, 5) is 4.30. The van der Waals surface area contributed by atoms with Crippen LogP contribution in [0.2, 0.25) is 0 Å². The topological polar surface area (TPSA) is 57.9 Å². The van der Waals surface area contributed by atoms with Crippen molar-refractivity contribution in [1.29, 1.82) is 5.26 Å². The second-order valence-corrected chi connectivity index (χ2v) is 4.59. The summed E-state index contributed by atoms with van der Waals surface area (Å²) in [6.45, 7) is 4.40. The van der Waals surface area contributed by atoms with Crippen molar-refractivity contribution in [2.24, 2.45) is 0 Å². The van der Waals surface area contributed by atoms with E-state index in [-0.39, 0.29) is 0 Å². The zero-order valence-electron chi connectivity index (χ0n) is 11.9. The number of ether oxygens (including phenoxy) is 1. The summed E-state index contributed by atoms with van der Waals surface area (Å²) < 4.78 is 5.20. The fourth-order valence-electron chi connectivity index (χ4n) is 2.09. The number of rotatable bonds is 4. The van der Waals surface area contributed by atoms with Gasteiger partial charge in [0, 0.05) is 12.2 Å². The average Bonchev–Trinajstić information content (AvgIpc) is 2.45. The third-order valence-electron chi connectivity index (χ3n) is 3.06. The fraction of sp³-hybridized carbons (Fsp3) is 0.250. The Morgan fingerprint density at radius 3 is 2.80 bits per heavy atom. The van der Waals surface area contributed by atoms with Gasteiger partial charge in [0.1, 0.15) is 11.8 Å². The van der Waals surface area contributed by atoms with Crippen LogP contribution < -0.4 is 10.1 Å². The van der Waals surface area contributed by atoms with Gasteiger partial charge in [-0.05, 0) is 37.6 Å². The van der Waals surface area contributed by atoms with Crippen LogP contribution in [0.15, 0.2) is 30.3 Å². The van der Waals surface area contributed by atoms with Crippen LogP contribution in [0.3, 0.4) is 0 Å². The monoisotopic (exact) mass is 267 g/mol. The van der Waals surface area contributed by atoms with E-state index < -0.39 is 0 Å². The van der Waals surface area contributed by atoms with Gasteiger partial charge in [-0.25, -0.2) is 0 Å². The van der Waals surface area contributed by atoms with E-state index in [2.05, 4.69) is 16.4 Å². The zero-order chi connectivity index (χ0) is 14.5. The number of anilines is 1. The summed E-state index contributed by atoms with van der Waals surface area (Å²) >= 11 is 0. The molecule has 4 heteroatoms. The van der Waals surface area contributed by atoms with Gasteiger partial charge in [-0.2, -0.15) is 5.26 Å². The summed E-state index contributed by atoms with van der Waals surface area (Å²) in [5.41, 5.74) is 4.16. The lowest BCUT2D eigenvalue weighted by atomic mass is 10.1. The van der Waals surface area contributed by atoms with E-state index in [1.165, 1.54) is 0 Å². The predicted molar refractivity (Wildman–Crippen MR) is 78.7 cm³/mol. The number of hydrogen-bond acceptors (Lipinski definition) is 4. The molecule has 1 aromatic heterocycles. The number of methoxy groups -OCH3 is 1. The van der Waals surface area contributed by atoms with E-state index >= 15 is 0 Å². The normalized spacial score (nSPS) is 9.90. The molecule has 20 heavy (non-hydrogen) atoms. The smallest absolute Gasteiger partial charge is 0.119 e. The maximum absolute atomic E-state index is 9.22. The Bertz CT molecular complexity index is 659. The largest absolute Gasteiger partial charge is 0.497 e. The first-order valence-corrected chi connectivity index (χ1v) is 6.39. The molecular weight excluding hydrogens is 250 g/mol. The van der Waals surface area contributed by atoms with Gasteiger partial charge >= 0.3 is 0 Å². The molecule has 0 bridgehead atoms. The second-order valence-electron chi connectivity index (χ2n) is 4.59. The first kappa shape index (κ1) is 13.9. The van der Waals surface area contributed by atoms with Gasteiger partial charge in [0.15, 0.2) is 0 Å². The lowest BCUT2D eigenvalue weighted by Crippen LogP contribution is -2.04. The Balaban J connectivity index is 2.20.